The number of fused-ring (bicyclic) bond motifs is 5. The van der Waals surface area contributed by atoms with Crippen molar-refractivity contribution in [2.75, 3.05) is 0 Å². The maximum absolute atomic E-state index is 2.42. The van der Waals surface area contributed by atoms with Crippen molar-refractivity contribution in [3.63, 3.8) is 0 Å². The smallest absolute Gasteiger partial charge is 0.0719 e. The van der Waals surface area contributed by atoms with Gasteiger partial charge in [-0.3, -0.25) is 0 Å². The monoisotopic (exact) mass is 550 g/mol. The lowest BCUT2D eigenvalue weighted by Gasteiger charge is -2.35. The predicted octanol–water partition coefficient (Wildman–Crippen LogP) is 11.0. The second-order valence-electron chi connectivity index (χ2n) is 11.2. The maximum atomic E-state index is 2.42. The third-order valence-electron chi connectivity index (χ3n) is 9.14. The number of rotatable bonds is 3. The summed E-state index contributed by atoms with van der Waals surface area (Å²) in [5, 5.41) is 2.68. The first-order valence-corrected chi connectivity index (χ1v) is 15.3. The summed E-state index contributed by atoms with van der Waals surface area (Å²) in [4.78, 5) is 2.65. The van der Waals surface area contributed by atoms with Crippen LogP contribution in [-0.4, -0.2) is 0 Å². The third kappa shape index (κ3) is 3.20. The Balaban J connectivity index is 1.34. The molecule has 1 aliphatic carbocycles. The van der Waals surface area contributed by atoms with Crippen LogP contribution >= 0.6 is 11.8 Å². The summed E-state index contributed by atoms with van der Waals surface area (Å²) in [6, 6.07) is 58.5. The van der Waals surface area contributed by atoms with Gasteiger partial charge in [-0.25, -0.2) is 0 Å². The fourth-order valence-corrected chi connectivity index (χ4v) is 8.66. The Morgan fingerprint density at radius 1 is 0.405 bits per heavy atom. The molecule has 0 saturated carbocycles. The fraction of sp³-hybridized carbons (Fsp3) is 0.0244. The van der Waals surface area contributed by atoms with Crippen LogP contribution in [0.1, 0.15) is 22.3 Å². The van der Waals surface area contributed by atoms with Gasteiger partial charge in [0.1, 0.15) is 0 Å². The van der Waals surface area contributed by atoms with E-state index >= 15 is 0 Å². The lowest BCUT2D eigenvalue weighted by molar-refractivity contribution is 0.770. The normalized spacial score (nSPS) is 13.8. The average molecular weight is 551 g/mol. The Labute approximate surface area is 250 Å². The third-order valence-corrected chi connectivity index (χ3v) is 10.3. The zero-order valence-electron chi connectivity index (χ0n) is 22.9. The van der Waals surface area contributed by atoms with Gasteiger partial charge < -0.3 is 0 Å². The second-order valence-corrected chi connectivity index (χ2v) is 12.3. The number of benzene rings is 7. The van der Waals surface area contributed by atoms with Crippen molar-refractivity contribution in [2.24, 2.45) is 0 Å². The molecule has 0 bridgehead atoms. The summed E-state index contributed by atoms with van der Waals surface area (Å²) in [5.74, 6) is 0. The maximum Gasteiger partial charge on any atom is 0.0719 e. The summed E-state index contributed by atoms with van der Waals surface area (Å²) in [6.07, 6.45) is 0. The van der Waals surface area contributed by atoms with E-state index in [0.29, 0.717) is 0 Å². The Hall–Kier alpha value is -4.85. The molecule has 7 aromatic rings. The molecule has 0 fully saturated rings. The molecule has 9 rings (SSSR count). The molecule has 1 heteroatoms. The molecule has 1 heterocycles. The van der Waals surface area contributed by atoms with Gasteiger partial charge in [0.2, 0.25) is 0 Å². The molecule has 0 spiro atoms. The first kappa shape index (κ1) is 23.8. The molecule has 0 saturated heterocycles. The molecule has 0 amide bonds. The second kappa shape index (κ2) is 9.08. The van der Waals surface area contributed by atoms with Crippen molar-refractivity contribution < 1.29 is 0 Å². The number of hydrogen-bond acceptors (Lipinski definition) is 1. The van der Waals surface area contributed by atoms with Gasteiger partial charge in [-0.15, -0.1) is 0 Å². The van der Waals surface area contributed by atoms with Crippen molar-refractivity contribution >= 4 is 22.5 Å². The van der Waals surface area contributed by atoms with E-state index in [1.54, 1.807) is 0 Å². The molecule has 0 atom stereocenters. The molecular weight excluding hydrogens is 525 g/mol. The molecular formula is C41H26S. The van der Waals surface area contributed by atoms with E-state index in [0.717, 1.165) is 0 Å². The van der Waals surface area contributed by atoms with Gasteiger partial charge in [0.05, 0.1) is 5.41 Å². The van der Waals surface area contributed by atoms with Crippen LogP contribution in [-0.2, 0) is 5.41 Å². The predicted molar refractivity (Wildman–Crippen MR) is 176 cm³/mol. The molecule has 2 aliphatic rings. The van der Waals surface area contributed by atoms with E-state index in [-0.39, 0.29) is 0 Å². The standard InChI is InChI=1S/C41H26S/c1-3-14-29(15-4-1)41(30-16-5-2-6-17-30)36-22-8-7-18-32(36)35-21-11-19-31(40(35)41)28-24-25-33-34-20-9-12-27-13-10-23-37(39(27)34)42-38(33)26-28/h1-26H. The highest BCUT2D eigenvalue weighted by molar-refractivity contribution is 7.99. The van der Waals surface area contributed by atoms with Crippen LogP contribution < -0.4 is 0 Å². The first-order chi connectivity index (χ1) is 20.8. The lowest BCUT2D eigenvalue weighted by Crippen LogP contribution is -2.29. The zero-order chi connectivity index (χ0) is 27.7. The van der Waals surface area contributed by atoms with E-state index in [2.05, 4.69) is 158 Å². The van der Waals surface area contributed by atoms with Crippen LogP contribution in [0, 0.1) is 0 Å². The summed E-state index contributed by atoms with van der Waals surface area (Å²) < 4.78 is 0. The lowest BCUT2D eigenvalue weighted by atomic mass is 9.66. The minimum atomic E-state index is -0.424. The van der Waals surface area contributed by atoms with Gasteiger partial charge in [0.25, 0.3) is 0 Å². The van der Waals surface area contributed by atoms with Crippen LogP contribution in [0.5, 0.6) is 0 Å². The van der Waals surface area contributed by atoms with Crippen molar-refractivity contribution in [3.05, 3.63) is 180 Å². The minimum absolute atomic E-state index is 0.424. The van der Waals surface area contributed by atoms with Gasteiger partial charge in [-0.05, 0) is 73.2 Å². The van der Waals surface area contributed by atoms with Crippen LogP contribution in [0.2, 0.25) is 0 Å². The first-order valence-electron chi connectivity index (χ1n) is 14.5. The highest BCUT2D eigenvalue weighted by atomic mass is 32.2. The highest BCUT2D eigenvalue weighted by Gasteiger charge is 2.47. The van der Waals surface area contributed by atoms with Gasteiger partial charge in [0, 0.05) is 15.2 Å². The Kier molecular flexibility index (Phi) is 5.15. The summed E-state index contributed by atoms with van der Waals surface area (Å²) in [6.45, 7) is 0. The molecule has 0 N–H and O–H groups in total. The van der Waals surface area contributed by atoms with Crippen molar-refractivity contribution in [2.45, 2.75) is 15.2 Å². The largest absolute Gasteiger partial charge is 0.0888 e. The SMILES string of the molecule is c1ccc(C2(c3ccccc3)c3ccccc3-c3cccc(-c4ccc5c(c4)Sc4cccc6cccc-5c46)c32)cc1. The van der Waals surface area contributed by atoms with Crippen molar-refractivity contribution in [1.82, 2.24) is 0 Å². The van der Waals surface area contributed by atoms with Gasteiger partial charge >= 0.3 is 0 Å². The van der Waals surface area contributed by atoms with Gasteiger partial charge in [-0.1, -0.05) is 157 Å². The van der Waals surface area contributed by atoms with Gasteiger partial charge in [0.15, 0.2) is 0 Å². The topological polar surface area (TPSA) is 0 Å². The van der Waals surface area contributed by atoms with Crippen molar-refractivity contribution in [3.8, 4) is 33.4 Å². The van der Waals surface area contributed by atoms with E-state index in [1.165, 1.54) is 76.2 Å². The average Bonchev–Trinajstić information content (AvgIpc) is 3.37. The van der Waals surface area contributed by atoms with Crippen molar-refractivity contribution in [1.29, 1.82) is 0 Å². The van der Waals surface area contributed by atoms with E-state index in [4.69, 9.17) is 0 Å². The Morgan fingerprint density at radius 2 is 1.02 bits per heavy atom. The van der Waals surface area contributed by atoms with Gasteiger partial charge in [-0.2, -0.15) is 0 Å². The molecule has 0 aromatic heterocycles. The molecule has 196 valence electrons. The fourth-order valence-electron chi connectivity index (χ4n) is 7.47. The van der Waals surface area contributed by atoms with Crippen LogP contribution in [0.15, 0.2) is 168 Å². The highest BCUT2D eigenvalue weighted by Crippen LogP contribution is 2.59. The van der Waals surface area contributed by atoms with E-state index in [9.17, 15) is 0 Å². The molecule has 7 aromatic carbocycles. The Morgan fingerprint density at radius 3 is 1.81 bits per heavy atom. The molecule has 0 unspecified atom stereocenters. The zero-order valence-corrected chi connectivity index (χ0v) is 23.7. The van der Waals surface area contributed by atoms with Crippen LogP contribution in [0.3, 0.4) is 0 Å². The minimum Gasteiger partial charge on any atom is -0.0888 e. The van der Waals surface area contributed by atoms with E-state index in [1.807, 2.05) is 11.8 Å². The van der Waals surface area contributed by atoms with Crippen LogP contribution in [0.25, 0.3) is 44.2 Å². The summed E-state index contributed by atoms with van der Waals surface area (Å²) >= 11 is 1.90. The summed E-state index contributed by atoms with van der Waals surface area (Å²) in [5.41, 5.74) is 12.7. The van der Waals surface area contributed by atoms with E-state index < -0.39 is 5.41 Å². The number of hydrogen-bond donors (Lipinski definition) is 0. The quantitative estimate of drug-likeness (QED) is 0.211. The Bertz CT molecular complexity index is 2110. The molecule has 0 radical (unpaired) electrons. The summed E-state index contributed by atoms with van der Waals surface area (Å²) in [7, 11) is 0. The molecule has 0 nitrogen and oxygen atoms in total. The molecule has 1 aliphatic heterocycles. The molecule has 42 heavy (non-hydrogen) atoms. The van der Waals surface area contributed by atoms with Crippen LogP contribution in [0.4, 0.5) is 0 Å².